The summed E-state index contributed by atoms with van der Waals surface area (Å²) in [5.74, 6) is 0.0146. The fourth-order valence-electron chi connectivity index (χ4n) is 3.44. The molecule has 2 aromatic carbocycles. The number of fused-ring (bicyclic) bond motifs is 1. The Balaban J connectivity index is 1.54. The Morgan fingerprint density at radius 3 is 2.86 bits per heavy atom. The van der Waals surface area contributed by atoms with Crippen molar-refractivity contribution in [2.45, 2.75) is 25.8 Å². The Morgan fingerprint density at radius 2 is 2.04 bits per heavy atom. The van der Waals surface area contributed by atoms with E-state index in [4.69, 9.17) is 27.6 Å². The van der Waals surface area contributed by atoms with Crippen molar-refractivity contribution >= 4 is 51.8 Å². The predicted molar refractivity (Wildman–Crippen MR) is 108 cm³/mol. The lowest BCUT2D eigenvalue weighted by Crippen LogP contribution is -2.43. The molecule has 2 heterocycles. The minimum Gasteiger partial charge on any atom is -0.441 e. The van der Waals surface area contributed by atoms with Crippen LogP contribution in [-0.4, -0.2) is 34.3 Å². The van der Waals surface area contributed by atoms with Gasteiger partial charge in [0.05, 0.1) is 10.6 Å². The minimum absolute atomic E-state index is 0.247. The Morgan fingerprint density at radius 1 is 1.21 bits per heavy atom. The molecule has 0 bridgehead atoms. The second kappa shape index (κ2) is 7.45. The van der Waals surface area contributed by atoms with Gasteiger partial charge in [-0.2, -0.15) is 0 Å². The summed E-state index contributed by atoms with van der Waals surface area (Å²) in [4.78, 5) is 31.6. The van der Waals surface area contributed by atoms with Gasteiger partial charge in [0.2, 0.25) is 5.91 Å². The molecule has 6 nitrogen and oxygen atoms in total. The van der Waals surface area contributed by atoms with Crippen molar-refractivity contribution in [1.82, 2.24) is 9.88 Å². The highest BCUT2D eigenvalue weighted by Gasteiger charge is 2.35. The molecule has 1 aliphatic heterocycles. The highest BCUT2D eigenvalue weighted by atomic mass is 35.5. The first-order chi connectivity index (χ1) is 13.4. The van der Waals surface area contributed by atoms with E-state index in [1.807, 2.05) is 0 Å². The van der Waals surface area contributed by atoms with Gasteiger partial charge < -0.3 is 14.6 Å². The second-order valence-corrected chi connectivity index (χ2v) is 7.53. The maximum absolute atomic E-state index is 12.9. The van der Waals surface area contributed by atoms with Crippen molar-refractivity contribution in [1.29, 1.82) is 0 Å². The lowest BCUT2D eigenvalue weighted by molar-refractivity contribution is -0.119. The van der Waals surface area contributed by atoms with E-state index in [0.717, 1.165) is 6.42 Å². The number of amides is 2. The highest BCUT2D eigenvalue weighted by Crippen LogP contribution is 2.27. The number of carbonyl (C=O) groups excluding carboxylic acids is 2. The molecule has 2 amide bonds. The molecule has 1 N–H and O–H groups in total. The van der Waals surface area contributed by atoms with Crippen LogP contribution in [-0.2, 0) is 4.79 Å². The normalized spacial score (nSPS) is 16.5. The maximum Gasteiger partial charge on any atom is 0.256 e. The summed E-state index contributed by atoms with van der Waals surface area (Å²) in [7, 11) is 0. The van der Waals surface area contributed by atoms with E-state index in [1.165, 1.54) is 6.07 Å². The molecule has 3 aromatic rings. The zero-order valence-corrected chi connectivity index (χ0v) is 16.5. The number of nitrogens with zero attached hydrogens (tertiary/aromatic N) is 2. The third-order valence-electron chi connectivity index (χ3n) is 4.74. The number of hydrogen-bond donors (Lipinski definition) is 1. The average molecular weight is 418 g/mol. The van der Waals surface area contributed by atoms with Gasteiger partial charge in [0.25, 0.3) is 5.91 Å². The number of aromatic nitrogens is 1. The van der Waals surface area contributed by atoms with E-state index in [1.54, 1.807) is 42.2 Å². The molecule has 0 unspecified atom stereocenters. The van der Waals surface area contributed by atoms with E-state index >= 15 is 0 Å². The first kappa shape index (κ1) is 18.8. The smallest absolute Gasteiger partial charge is 0.256 e. The van der Waals surface area contributed by atoms with Gasteiger partial charge in [0, 0.05) is 24.2 Å². The second-order valence-electron chi connectivity index (χ2n) is 6.69. The molecule has 144 valence electrons. The number of aryl methyl sites for hydroxylation is 1. The lowest BCUT2D eigenvalue weighted by atomic mass is 10.1. The third-order valence-corrected chi connectivity index (χ3v) is 5.30. The van der Waals surface area contributed by atoms with Gasteiger partial charge in [-0.25, -0.2) is 4.98 Å². The van der Waals surface area contributed by atoms with Crippen molar-refractivity contribution in [2.24, 2.45) is 0 Å². The van der Waals surface area contributed by atoms with E-state index in [2.05, 4.69) is 10.3 Å². The molecule has 4 rings (SSSR count). The fraction of sp³-hybridized carbons (Fsp3) is 0.250. The predicted octanol–water partition coefficient (Wildman–Crippen LogP) is 4.69. The molecular weight excluding hydrogens is 401 g/mol. The van der Waals surface area contributed by atoms with Crippen LogP contribution >= 0.6 is 23.2 Å². The summed E-state index contributed by atoms with van der Waals surface area (Å²) >= 11 is 12.2. The Bertz CT molecular complexity index is 1080. The van der Waals surface area contributed by atoms with Crippen molar-refractivity contribution < 1.29 is 14.0 Å². The van der Waals surface area contributed by atoms with E-state index in [-0.39, 0.29) is 11.8 Å². The number of anilines is 1. The Labute approximate surface area is 171 Å². The summed E-state index contributed by atoms with van der Waals surface area (Å²) < 4.78 is 5.45. The number of likely N-dealkylation sites (tertiary alicyclic amines) is 1. The van der Waals surface area contributed by atoms with Crippen molar-refractivity contribution in [2.75, 3.05) is 11.9 Å². The van der Waals surface area contributed by atoms with Crippen LogP contribution in [0.4, 0.5) is 5.69 Å². The van der Waals surface area contributed by atoms with Crippen LogP contribution in [0.1, 0.15) is 29.1 Å². The van der Waals surface area contributed by atoms with E-state index < -0.39 is 6.04 Å². The number of benzene rings is 2. The zero-order chi connectivity index (χ0) is 19.8. The molecule has 0 aliphatic carbocycles. The van der Waals surface area contributed by atoms with Crippen LogP contribution in [0.15, 0.2) is 40.8 Å². The van der Waals surface area contributed by atoms with Crippen LogP contribution in [0.25, 0.3) is 11.1 Å². The number of halogens is 2. The van der Waals surface area contributed by atoms with Gasteiger partial charge in [-0.15, -0.1) is 0 Å². The molecule has 1 saturated heterocycles. The first-order valence-electron chi connectivity index (χ1n) is 8.86. The first-order valence-corrected chi connectivity index (χ1v) is 9.62. The number of oxazole rings is 1. The van der Waals surface area contributed by atoms with Gasteiger partial charge in [0.15, 0.2) is 11.5 Å². The van der Waals surface area contributed by atoms with Crippen LogP contribution < -0.4 is 5.32 Å². The average Bonchev–Trinajstić information content (AvgIpc) is 3.28. The maximum atomic E-state index is 12.9. The van der Waals surface area contributed by atoms with E-state index in [9.17, 15) is 9.59 Å². The van der Waals surface area contributed by atoms with Gasteiger partial charge in [-0.3, -0.25) is 9.59 Å². The lowest BCUT2D eigenvalue weighted by Gasteiger charge is -2.24. The summed E-state index contributed by atoms with van der Waals surface area (Å²) in [6.07, 6.45) is 1.32. The molecule has 1 aliphatic rings. The number of rotatable bonds is 3. The van der Waals surface area contributed by atoms with Crippen molar-refractivity contribution in [3.8, 4) is 0 Å². The molecule has 8 heteroatoms. The van der Waals surface area contributed by atoms with Crippen LogP contribution in [0, 0.1) is 6.92 Å². The van der Waals surface area contributed by atoms with Gasteiger partial charge in [0.1, 0.15) is 11.6 Å². The molecule has 0 spiro atoms. The Hall–Kier alpha value is -2.57. The highest BCUT2D eigenvalue weighted by molar-refractivity contribution is 6.35. The molecule has 28 heavy (non-hydrogen) atoms. The van der Waals surface area contributed by atoms with Crippen LogP contribution in [0.5, 0.6) is 0 Å². The van der Waals surface area contributed by atoms with Crippen LogP contribution in [0.3, 0.4) is 0 Å². The summed E-state index contributed by atoms with van der Waals surface area (Å²) in [6.45, 7) is 2.25. The van der Waals surface area contributed by atoms with Gasteiger partial charge >= 0.3 is 0 Å². The SMILES string of the molecule is Cc1nc2cc(NC(=O)[C@@H]3CCCN3C(=O)c3cc(Cl)ccc3Cl)ccc2o1. The molecule has 1 fully saturated rings. The summed E-state index contributed by atoms with van der Waals surface area (Å²) in [6, 6.07) is 9.42. The number of carbonyl (C=O) groups is 2. The monoisotopic (exact) mass is 417 g/mol. The molecular formula is C20H17Cl2N3O3. The van der Waals surface area contributed by atoms with Crippen molar-refractivity contribution in [3.63, 3.8) is 0 Å². The number of hydrogen-bond acceptors (Lipinski definition) is 4. The van der Waals surface area contributed by atoms with Gasteiger partial charge in [-0.05, 0) is 49.2 Å². The summed E-state index contributed by atoms with van der Waals surface area (Å²) in [5.41, 5.74) is 2.23. The fourth-order valence-corrected chi connectivity index (χ4v) is 3.81. The van der Waals surface area contributed by atoms with Gasteiger partial charge in [-0.1, -0.05) is 23.2 Å². The molecule has 0 saturated carbocycles. The standard InChI is InChI=1S/C20H17Cl2N3O3/c1-11-23-16-10-13(5-7-18(16)28-11)24-19(26)17-3-2-8-25(17)20(27)14-9-12(21)4-6-15(14)22/h4-7,9-10,17H,2-3,8H2,1H3,(H,24,26)/t17-/m0/s1. The minimum atomic E-state index is -0.572. The number of nitrogens with one attached hydrogen (secondary N) is 1. The van der Waals surface area contributed by atoms with Crippen molar-refractivity contribution in [3.05, 3.63) is 57.9 Å². The third kappa shape index (κ3) is 3.57. The van der Waals surface area contributed by atoms with Crippen LogP contribution in [0.2, 0.25) is 10.0 Å². The molecule has 1 aromatic heterocycles. The molecule has 0 radical (unpaired) electrons. The quantitative estimate of drug-likeness (QED) is 0.670. The largest absolute Gasteiger partial charge is 0.441 e. The summed E-state index contributed by atoms with van der Waals surface area (Å²) in [5, 5.41) is 3.61. The topological polar surface area (TPSA) is 75.4 Å². The van der Waals surface area contributed by atoms with E-state index in [0.29, 0.717) is 51.3 Å². The Kier molecular flexibility index (Phi) is 5.00. The zero-order valence-electron chi connectivity index (χ0n) is 15.0. The molecule has 1 atom stereocenters.